The zero-order valence-corrected chi connectivity index (χ0v) is 10.3. The molecule has 0 radical (unpaired) electrons. The summed E-state index contributed by atoms with van der Waals surface area (Å²) >= 11 is 0. The van der Waals surface area contributed by atoms with E-state index in [1.165, 1.54) is 31.4 Å². The van der Waals surface area contributed by atoms with Crippen LogP contribution in [-0.4, -0.2) is 30.6 Å². The van der Waals surface area contributed by atoms with Crippen LogP contribution >= 0.6 is 0 Å². The standard InChI is InChI=1S/C14H18FNO/c1-16(2)9-13-6-14(7-13,8-13)10-3-4-12(17)11(15)5-10/h3-5,17H,6-9H2,1-2H3. The lowest BCUT2D eigenvalue weighted by atomic mass is 9.33. The molecule has 0 spiro atoms. The summed E-state index contributed by atoms with van der Waals surface area (Å²) in [5, 5.41) is 9.20. The molecule has 0 aromatic heterocycles. The van der Waals surface area contributed by atoms with Crippen molar-refractivity contribution in [2.45, 2.75) is 24.7 Å². The number of hydrogen-bond donors (Lipinski definition) is 1. The van der Waals surface area contributed by atoms with Crippen molar-refractivity contribution in [2.24, 2.45) is 5.41 Å². The fourth-order valence-corrected chi connectivity index (χ4v) is 3.98. The number of phenolic OH excluding ortho intramolecular Hbond substituents is 1. The second-order valence-electron chi connectivity index (χ2n) is 6.21. The van der Waals surface area contributed by atoms with E-state index in [-0.39, 0.29) is 11.2 Å². The van der Waals surface area contributed by atoms with Gasteiger partial charge in [0, 0.05) is 6.54 Å². The SMILES string of the molecule is CN(C)CC12CC(c3ccc(O)c(F)c3)(C1)C2. The van der Waals surface area contributed by atoms with Gasteiger partial charge in [-0.25, -0.2) is 4.39 Å². The van der Waals surface area contributed by atoms with Crippen LogP contribution in [0, 0.1) is 11.2 Å². The Morgan fingerprint density at radius 3 is 2.47 bits per heavy atom. The normalized spacial score (nSPS) is 34.4. The maximum absolute atomic E-state index is 13.3. The van der Waals surface area contributed by atoms with Crippen LogP contribution in [0.4, 0.5) is 4.39 Å². The number of hydrogen-bond acceptors (Lipinski definition) is 2. The molecule has 2 nitrogen and oxygen atoms in total. The van der Waals surface area contributed by atoms with Crippen LogP contribution in [0.5, 0.6) is 5.75 Å². The molecule has 1 aromatic rings. The maximum Gasteiger partial charge on any atom is 0.165 e. The topological polar surface area (TPSA) is 23.5 Å². The zero-order valence-electron chi connectivity index (χ0n) is 10.3. The molecular weight excluding hydrogens is 217 g/mol. The van der Waals surface area contributed by atoms with Crippen LogP contribution < -0.4 is 0 Å². The summed E-state index contributed by atoms with van der Waals surface area (Å²) in [5.74, 6) is -0.739. The number of aromatic hydroxyl groups is 1. The van der Waals surface area contributed by atoms with Crippen molar-refractivity contribution < 1.29 is 9.50 Å². The van der Waals surface area contributed by atoms with Crippen molar-refractivity contribution in [2.75, 3.05) is 20.6 Å². The highest BCUT2D eigenvalue weighted by atomic mass is 19.1. The molecule has 3 aliphatic carbocycles. The average molecular weight is 235 g/mol. The Morgan fingerprint density at radius 2 is 1.94 bits per heavy atom. The molecule has 0 aliphatic heterocycles. The molecule has 2 bridgehead atoms. The number of nitrogens with zero attached hydrogens (tertiary/aromatic N) is 1. The Kier molecular flexibility index (Phi) is 2.09. The average Bonchev–Trinajstić information content (AvgIpc) is 2.13. The third-order valence-corrected chi connectivity index (χ3v) is 4.35. The van der Waals surface area contributed by atoms with E-state index in [9.17, 15) is 9.50 Å². The van der Waals surface area contributed by atoms with Gasteiger partial charge in [-0.15, -0.1) is 0 Å². The molecule has 3 fully saturated rings. The van der Waals surface area contributed by atoms with E-state index in [0.717, 1.165) is 12.1 Å². The molecule has 0 heterocycles. The van der Waals surface area contributed by atoms with Crippen molar-refractivity contribution in [3.05, 3.63) is 29.6 Å². The van der Waals surface area contributed by atoms with Crippen LogP contribution in [0.25, 0.3) is 0 Å². The van der Waals surface area contributed by atoms with Gasteiger partial charge in [0.05, 0.1) is 0 Å². The smallest absolute Gasteiger partial charge is 0.165 e. The van der Waals surface area contributed by atoms with Crippen molar-refractivity contribution in [1.82, 2.24) is 4.90 Å². The second kappa shape index (κ2) is 3.22. The van der Waals surface area contributed by atoms with Gasteiger partial charge in [0.25, 0.3) is 0 Å². The first-order valence-electron chi connectivity index (χ1n) is 6.09. The van der Waals surface area contributed by atoms with Gasteiger partial charge < -0.3 is 10.0 Å². The molecule has 1 N–H and O–H groups in total. The molecule has 0 amide bonds. The fraction of sp³-hybridized carbons (Fsp3) is 0.571. The molecular formula is C14H18FNO. The first-order chi connectivity index (χ1) is 7.95. The minimum absolute atomic E-state index is 0.213. The van der Waals surface area contributed by atoms with Gasteiger partial charge in [0.2, 0.25) is 0 Å². The maximum atomic E-state index is 13.3. The van der Waals surface area contributed by atoms with Gasteiger partial charge in [-0.3, -0.25) is 0 Å². The molecule has 3 saturated carbocycles. The Hall–Kier alpha value is -1.09. The molecule has 0 unspecified atom stereocenters. The Labute approximate surface area is 101 Å². The lowest BCUT2D eigenvalue weighted by Crippen LogP contribution is -2.67. The van der Waals surface area contributed by atoms with Crippen LogP contribution in [0.1, 0.15) is 24.8 Å². The Bertz CT molecular complexity index is 450. The number of benzene rings is 1. The summed E-state index contributed by atoms with van der Waals surface area (Å²) < 4.78 is 13.3. The van der Waals surface area contributed by atoms with E-state index in [1.807, 2.05) is 6.07 Å². The van der Waals surface area contributed by atoms with Crippen LogP contribution in [-0.2, 0) is 5.41 Å². The highest BCUT2D eigenvalue weighted by Crippen LogP contribution is 2.73. The third kappa shape index (κ3) is 1.48. The first-order valence-corrected chi connectivity index (χ1v) is 6.09. The van der Waals surface area contributed by atoms with E-state index >= 15 is 0 Å². The second-order valence-corrected chi connectivity index (χ2v) is 6.21. The highest BCUT2D eigenvalue weighted by Gasteiger charge is 2.67. The fourth-order valence-electron chi connectivity index (χ4n) is 3.98. The monoisotopic (exact) mass is 235 g/mol. The van der Waals surface area contributed by atoms with Gasteiger partial charge in [-0.2, -0.15) is 0 Å². The number of phenols is 1. The van der Waals surface area contributed by atoms with Gasteiger partial charge in [-0.05, 0) is 61.9 Å². The summed E-state index contributed by atoms with van der Waals surface area (Å²) in [4.78, 5) is 2.24. The summed E-state index contributed by atoms with van der Waals surface area (Å²) in [6.45, 7) is 1.13. The molecule has 3 heteroatoms. The quantitative estimate of drug-likeness (QED) is 0.870. The third-order valence-electron chi connectivity index (χ3n) is 4.35. The summed E-state index contributed by atoms with van der Waals surface area (Å²) in [6.07, 6.45) is 3.51. The summed E-state index contributed by atoms with van der Waals surface area (Å²) in [5.41, 5.74) is 1.76. The predicted octanol–water partition coefficient (Wildman–Crippen LogP) is 2.51. The van der Waals surface area contributed by atoms with E-state index in [0.29, 0.717) is 5.41 Å². The largest absolute Gasteiger partial charge is 0.505 e. The lowest BCUT2D eigenvalue weighted by molar-refractivity contribution is -0.151. The summed E-state index contributed by atoms with van der Waals surface area (Å²) in [6, 6.07) is 4.86. The molecule has 0 atom stereocenters. The van der Waals surface area contributed by atoms with Crippen molar-refractivity contribution in [1.29, 1.82) is 0 Å². The van der Waals surface area contributed by atoms with Crippen molar-refractivity contribution in [3.8, 4) is 5.75 Å². The minimum atomic E-state index is -0.492. The van der Waals surface area contributed by atoms with E-state index < -0.39 is 5.82 Å². The van der Waals surface area contributed by atoms with Gasteiger partial charge in [0.15, 0.2) is 11.6 Å². The van der Waals surface area contributed by atoms with Crippen LogP contribution in [0.15, 0.2) is 18.2 Å². The first kappa shape index (κ1) is 11.0. The van der Waals surface area contributed by atoms with E-state index in [2.05, 4.69) is 19.0 Å². The summed E-state index contributed by atoms with van der Waals surface area (Å²) in [7, 11) is 4.21. The van der Waals surface area contributed by atoms with E-state index in [1.54, 1.807) is 0 Å². The van der Waals surface area contributed by atoms with Gasteiger partial charge in [0.1, 0.15) is 0 Å². The molecule has 92 valence electrons. The highest BCUT2D eigenvalue weighted by molar-refractivity contribution is 5.41. The van der Waals surface area contributed by atoms with Crippen LogP contribution in [0.3, 0.4) is 0 Å². The minimum Gasteiger partial charge on any atom is -0.505 e. The van der Waals surface area contributed by atoms with Gasteiger partial charge in [-0.1, -0.05) is 6.07 Å². The number of halogens is 1. The molecule has 1 aromatic carbocycles. The zero-order chi connectivity index (χ0) is 12.3. The molecule has 17 heavy (non-hydrogen) atoms. The Morgan fingerprint density at radius 1 is 1.29 bits per heavy atom. The van der Waals surface area contributed by atoms with Gasteiger partial charge >= 0.3 is 0 Å². The van der Waals surface area contributed by atoms with Crippen LogP contribution in [0.2, 0.25) is 0 Å². The predicted molar refractivity (Wildman–Crippen MR) is 64.6 cm³/mol. The van der Waals surface area contributed by atoms with E-state index in [4.69, 9.17) is 0 Å². The lowest BCUT2D eigenvalue weighted by Gasteiger charge is -2.72. The van der Waals surface area contributed by atoms with Crippen molar-refractivity contribution >= 4 is 0 Å². The van der Waals surface area contributed by atoms with Crippen molar-refractivity contribution in [3.63, 3.8) is 0 Å². The molecule has 4 rings (SSSR count). The molecule has 0 saturated heterocycles. The Balaban J connectivity index is 1.75. The number of rotatable bonds is 3. The molecule has 3 aliphatic rings.